The number of imide groups is 1. The Labute approximate surface area is 230 Å². The monoisotopic (exact) mass is 544 g/mol. The maximum absolute atomic E-state index is 12.3. The predicted molar refractivity (Wildman–Crippen MR) is 155 cm³/mol. The molecule has 2 aliphatic rings. The number of nitrogen functional groups attached to an aromatic ring is 1. The summed E-state index contributed by atoms with van der Waals surface area (Å²) in [5, 5.41) is 12.3. The van der Waals surface area contributed by atoms with Crippen molar-refractivity contribution in [2.24, 2.45) is 10.9 Å². The van der Waals surface area contributed by atoms with Gasteiger partial charge in [-0.3, -0.25) is 20.2 Å². The number of halogens is 1. The standard InChI is InChI=1S/C25H35ClN8O2.C2H6/c1-6-7-19(15(2)3)17(5)28-11-8-18-14-29-33-21(27)20(26)22(30-16(18)4)34-12-9-25(10-13-34)23(35)31-24(36)32-25;1-2/h6-7,11,14-15,33H,8-10,12-13,27H2,1-5H3,(H2,31,32,35,36);1-2H3/b7-6-,18-16?,19-17-,21-20?,28-11?,29-14?,30-22?;. The number of aromatic nitrogens is 3. The molecule has 38 heavy (non-hydrogen) atoms. The number of carbonyl (C=O) groups excluding carboxylic acids is 2. The van der Waals surface area contributed by atoms with Crippen molar-refractivity contribution in [3.63, 3.8) is 0 Å². The molecular weight excluding hydrogens is 504 g/mol. The van der Waals surface area contributed by atoms with Crippen molar-refractivity contribution in [1.29, 1.82) is 0 Å². The van der Waals surface area contributed by atoms with Crippen molar-refractivity contribution < 1.29 is 9.59 Å². The number of nitrogens with two attached hydrogens (primary N) is 1. The number of nitrogens with one attached hydrogen (secondary N) is 3. The highest BCUT2D eigenvalue weighted by molar-refractivity contribution is 6.35. The van der Waals surface area contributed by atoms with E-state index in [-0.39, 0.29) is 16.7 Å². The first-order chi connectivity index (χ1) is 18.1. The number of rotatable bonds is 6. The zero-order valence-corrected chi connectivity index (χ0v) is 24.2. The molecule has 1 spiro atoms. The second kappa shape index (κ2) is 13.9. The van der Waals surface area contributed by atoms with Crippen molar-refractivity contribution in [3.05, 3.63) is 45.9 Å². The first kappa shape index (κ1) is 30.8. The summed E-state index contributed by atoms with van der Waals surface area (Å²) in [6, 6.07) is -0.460. The van der Waals surface area contributed by atoms with Crippen LogP contribution in [0.5, 0.6) is 0 Å². The van der Waals surface area contributed by atoms with E-state index in [2.05, 4.69) is 45.7 Å². The lowest BCUT2D eigenvalue weighted by atomic mass is 9.88. The van der Waals surface area contributed by atoms with E-state index in [1.54, 1.807) is 6.20 Å². The first-order valence-electron chi connectivity index (χ1n) is 13.1. The number of hydrogen-bond donors (Lipinski definition) is 4. The van der Waals surface area contributed by atoms with Crippen LogP contribution in [0.4, 0.5) is 16.4 Å². The predicted octanol–water partition coefficient (Wildman–Crippen LogP) is 4.80. The molecule has 208 valence electrons. The molecule has 3 heterocycles. The number of amides is 3. The van der Waals surface area contributed by atoms with E-state index in [1.807, 2.05) is 51.8 Å². The average Bonchev–Trinajstić information content (AvgIpc) is 3.18. The number of aliphatic imine (C=N–C) groups is 1. The van der Waals surface area contributed by atoms with Gasteiger partial charge in [0.05, 0.1) is 6.20 Å². The summed E-state index contributed by atoms with van der Waals surface area (Å²) in [5.41, 5.74) is 8.95. The summed E-state index contributed by atoms with van der Waals surface area (Å²) in [7, 11) is 0. The van der Waals surface area contributed by atoms with E-state index in [0.29, 0.717) is 44.1 Å². The summed E-state index contributed by atoms with van der Waals surface area (Å²) in [6.45, 7) is 15.1. The zero-order valence-electron chi connectivity index (χ0n) is 23.5. The van der Waals surface area contributed by atoms with Gasteiger partial charge in [0.1, 0.15) is 16.4 Å². The summed E-state index contributed by atoms with van der Waals surface area (Å²) in [6.07, 6.45) is 8.99. The van der Waals surface area contributed by atoms with Gasteiger partial charge in [-0.2, -0.15) is 5.10 Å². The topological polar surface area (TPSA) is 141 Å². The third-order valence-corrected chi connectivity index (χ3v) is 6.86. The average molecular weight is 545 g/mol. The Kier molecular flexibility index (Phi) is 11.3. The number of piperidine rings is 1. The molecule has 0 bridgehead atoms. The second-order valence-corrected chi connectivity index (χ2v) is 9.71. The van der Waals surface area contributed by atoms with E-state index in [4.69, 9.17) is 22.3 Å². The van der Waals surface area contributed by atoms with Gasteiger partial charge in [0, 0.05) is 37.1 Å². The van der Waals surface area contributed by atoms with Gasteiger partial charge in [0.2, 0.25) is 0 Å². The number of allylic oxidation sites excluding steroid dienone is 4. The molecule has 10 nitrogen and oxygen atoms in total. The highest BCUT2D eigenvalue weighted by atomic mass is 35.5. The highest BCUT2D eigenvalue weighted by Gasteiger charge is 2.48. The van der Waals surface area contributed by atoms with Gasteiger partial charge in [-0.05, 0) is 50.7 Å². The number of anilines is 2. The quantitative estimate of drug-likeness (QED) is 0.230. The zero-order chi connectivity index (χ0) is 28.5. The number of aryl methyl sites for hydroxylation is 1. The Hall–Kier alpha value is -3.40. The Morgan fingerprint density at radius 1 is 1.29 bits per heavy atom. The Bertz CT molecular complexity index is 1160. The van der Waals surface area contributed by atoms with Crippen LogP contribution in [0.25, 0.3) is 0 Å². The number of hydrogen-bond acceptors (Lipinski definition) is 7. The number of nitrogens with zero attached hydrogens (tertiary/aromatic N) is 4. The van der Waals surface area contributed by atoms with E-state index in [9.17, 15) is 9.59 Å². The van der Waals surface area contributed by atoms with Gasteiger partial charge in [-0.25, -0.2) is 9.78 Å². The van der Waals surface area contributed by atoms with Gasteiger partial charge in [-0.15, -0.1) is 0 Å². The minimum absolute atomic E-state index is 0.174. The van der Waals surface area contributed by atoms with Crippen LogP contribution in [-0.4, -0.2) is 52.0 Å². The Balaban J connectivity index is 0.00000247. The lowest BCUT2D eigenvalue weighted by molar-refractivity contribution is -0.124. The summed E-state index contributed by atoms with van der Waals surface area (Å²) in [5.74, 6) is 0.737. The Morgan fingerprint density at radius 3 is 2.50 bits per heavy atom. The van der Waals surface area contributed by atoms with Crippen LogP contribution in [0.3, 0.4) is 0 Å². The van der Waals surface area contributed by atoms with Crippen LogP contribution in [0.1, 0.15) is 65.6 Å². The maximum Gasteiger partial charge on any atom is 0.322 e. The molecule has 0 aliphatic carbocycles. The largest absolute Gasteiger partial charge is 0.383 e. The molecule has 2 fully saturated rings. The summed E-state index contributed by atoms with van der Waals surface area (Å²) >= 11 is 6.61. The van der Waals surface area contributed by atoms with Crippen LogP contribution in [-0.2, 0) is 11.2 Å². The summed E-state index contributed by atoms with van der Waals surface area (Å²) < 4.78 is 0. The van der Waals surface area contributed by atoms with E-state index >= 15 is 0 Å². The summed E-state index contributed by atoms with van der Waals surface area (Å²) in [4.78, 5) is 35.4. The Morgan fingerprint density at radius 2 is 1.95 bits per heavy atom. The van der Waals surface area contributed by atoms with Crippen LogP contribution in [0, 0.1) is 12.8 Å². The van der Waals surface area contributed by atoms with Gasteiger partial charge in [-0.1, -0.05) is 51.4 Å². The molecule has 2 saturated heterocycles. The second-order valence-electron chi connectivity index (χ2n) is 9.33. The molecule has 3 rings (SSSR count). The normalized spacial score (nSPS) is 17.3. The number of aromatic amines is 1. The molecule has 2 aliphatic heterocycles. The molecular formula is C27H41ClN8O2. The van der Waals surface area contributed by atoms with Crippen molar-refractivity contribution in [3.8, 4) is 0 Å². The molecule has 5 N–H and O–H groups in total. The number of carbonyl (C=O) groups is 2. The lowest BCUT2D eigenvalue weighted by Crippen LogP contribution is -2.55. The van der Waals surface area contributed by atoms with Crippen molar-refractivity contribution in [2.75, 3.05) is 23.7 Å². The molecule has 1 aromatic heterocycles. The van der Waals surface area contributed by atoms with Crippen LogP contribution in [0.2, 0.25) is 5.02 Å². The highest BCUT2D eigenvalue weighted by Crippen LogP contribution is 2.32. The minimum atomic E-state index is -0.893. The lowest BCUT2D eigenvalue weighted by Gasteiger charge is -2.37. The fraction of sp³-hybridized carbons (Fsp3) is 0.519. The van der Waals surface area contributed by atoms with Gasteiger partial charge < -0.3 is 16.0 Å². The number of urea groups is 1. The van der Waals surface area contributed by atoms with Gasteiger partial charge in [0.25, 0.3) is 5.91 Å². The van der Waals surface area contributed by atoms with Gasteiger partial charge >= 0.3 is 6.03 Å². The number of H-pyrrole nitrogens is 1. The van der Waals surface area contributed by atoms with E-state index in [0.717, 1.165) is 17.0 Å². The maximum atomic E-state index is 12.3. The van der Waals surface area contributed by atoms with E-state index < -0.39 is 11.6 Å². The molecule has 1 aromatic rings. The molecule has 11 heteroatoms. The fourth-order valence-corrected chi connectivity index (χ4v) is 4.58. The molecule has 0 unspecified atom stereocenters. The third kappa shape index (κ3) is 7.34. The van der Waals surface area contributed by atoms with Gasteiger partial charge in [0.15, 0.2) is 5.82 Å². The SMILES string of the molecule is C/C=C\C(=C(/C)N=CCc1cn[nH]c(N)c(Cl)c(N2CCC3(CC2)NC(=O)NC3=O)nc1C)C(C)C.CC. The molecule has 0 saturated carbocycles. The molecule has 0 aromatic carbocycles. The third-order valence-electron chi connectivity index (χ3n) is 6.49. The van der Waals surface area contributed by atoms with Crippen LogP contribution < -0.4 is 21.3 Å². The van der Waals surface area contributed by atoms with Crippen molar-refractivity contribution in [2.45, 2.75) is 73.3 Å². The molecule has 0 radical (unpaired) electrons. The fourth-order valence-electron chi connectivity index (χ4n) is 4.38. The molecule has 3 amide bonds. The van der Waals surface area contributed by atoms with Crippen LogP contribution >= 0.6 is 11.6 Å². The van der Waals surface area contributed by atoms with Crippen LogP contribution in [0.15, 0.2) is 34.6 Å². The van der Waals surface area contributed by atoms with Crippen molar-refractivity contribution in [1.82, 2.24) is 25.8 Å². The first-order valence-corrected chi connectivity index (χ1v) is 13.4. The smallest absolute Gasteiger partial charge is 0.322 e. The minimum Gasteiger partial charge on any atom is -0.383 e. The van der Waals surface area contributed by atoms with E-state index in [1.165, 1.54) is 5.57 Å². The van der Waals surface area contributed by atoms with Crippen molar-refractivity contribution >= 4 is 41.4 Å². The molecule has 0 atom stereocenters.